The smallest absolute Gasteiger partial charge is 0.113 e. The number of hydrogen-bond donors (Lipinski definition) is 1. The van der Waals surface area contributed by atoms with Crippen LogP contribution < -0.4 is 5.32 Å². The number of alkyl halides is 1. The van der Waals surface area contributed by atoms with Crippen molar-refractivity contribution in [1.29, 1.82) is 0 Å². The third kappa shape index (κ3) is 6.10. The molecule has 1 saturated heterocycles. The summed E-state index contributed by atoms with van der Waals surface area (Å²) in [6.45, 7) is 8.28. The van der Waals surface area contributed by atoms with Crippen LogP contribution in [0, 0.1) is 5.92 Å². The molecule has 1 aliphatic heterocycles. The third-order valence-corrected chi connectivity index (χ3v) is 2.78. The Balaban J connectivity index is 2.14. The molecule has 0 radical (unpaired) electrons. The molecule has 0 spiro atoms. The highest BCUT2D eigenvalue weighted by Gasteiger charge is 2.20. The summed E-state index contributed by atoms with van der Waals surface area (Å²) in [5, 5.41) is 3.20. The van der Waals surface area contributed by atoms with Gasteiger partial charge in [-0.15, -0.1) is 0 Å². The van der Waals surface area contributed by atoms with Gasteiger partial charge in [-0.2, -0.15) is 0 Å². The molecule has 0 aliphatic carbocycles. The zero-order valence-electron chi connectivity index (χ0n) is 10.2. The van der Waals surface area contributed by atoms with Crippen LogP contribution in [0.3, 0.4) is 0 Å². The summed E-state index contributed by atoms with van der Waals surface area (Å²) in [4.78, 5) is 0. The molecule has 1 fully saturated rings. The lowest BCUT2D eigenvalue weighted by Crippen LogP contribution is -2.40. The minimum Gasteiger partial charge on any atom is -0.381 e. The van der Waals surface area contributed by atoms with Gasteiger partial charge >= 0.3 is 0 Å². The van der Waals surface area contributed by atoms with E-state index in [9.17, 15) is 4.39 Å². The van der Waals surface area contributed by atoms with Crippen molar-refractivity contribution in [3.05, 3.63) is 0 Å². The fourth-order valence-electron chi connectivity index (χ4n) is 1.84. The van der Waals surface area contributed by atoms with Gasteiger partial charge in [0.05, 0.1) is 0 Å². The second-order valence-electron chi connectivity index (χ2n) is 5.52. The van der Waals surface area contributed by atoms with Crippen LogP contribution in [-0.2, 0) is 4.74 Å². The summed E-state index contributed by atoms with van der Waals surface area (Å²) >= 11 is 0. The first-order chi connectivity index (χ1) is 6.97. The Morgan fingerprint density at radius 3 is 2.47 bits per heavy atom. The van der Waals surface area contributed by atoms with E-state index >= 15 is 0 Å². The Labute approximate surface area is 92.6 Å². The first-order valence-corrected chi connectivity index (χ1v) is 5.94. The lowest BCUT2D eigenvalue weighted by Gasteiger charge is -2.26. The number of rotatable bonds is 4. The molecule has 0 bridgehead atoms. The highest BCUT2D eigenvalue weighted by atomic mass is 19.1. The summed E-state index contributed by atoms with van der Waals surface area (Å²) < 4.78 is 18.9. The van der Waals surface area contributed by atoms with E-state index in [1.807, 2.05) is 0 Å². The highest BCUT2D eigenvalue weighted by Crippen LogP contribution is 2.21. The summed E-state index contributed by atoms with van der Waals surface area (Å²) in [5.74, 6) is 0.524. The van der Waals surface area contributed by atoms with Crippen LogP contribution in [0.5, 0.6) is 0 Å². The van der Waals surface area contributed by atoms with E-state index in [4.69, 9.17) is 4.74 Å². The van der Waals surface area contributed by atoms with Crippen LogP contribution in [0.2, 0.25) is 0 Å². The van der Waals surface area contributed by atoms with Gasteiger partial charge in [-0.1, -0.05) is 0 Å². The van der Waals surface area contributed by atoms with Gasteiger partial charge in [-0.3, -0.25) is 0 Å². The summed E-state index contributed by atoms with van der Waals surface area (Å²) in [7, 11) is 0. The molecule has 0 amide bonds. The molecule has 90 valence electrons. The monoisotopic (exact) mass is 217 g/mol. The van der Waals surface area contributed by atoms with Crippen molar-refractivity contribution in [2.24, 2.45) is 5.92 Å². The van der Waals surface area contributed by atoms with E-state index in [0.29, 0.717) is 18.9 Å². The second kappa shape index (κ2) is 5.80. The minimum absolute atomic E-state index is 0.0139. The SMILES string of the molecule is CC(C)(C)NCC(F)CC1CCOCC1. The van der Waals surface area contributed by atoms with Gasteiger partial charge < -0.3 is 10.1 Å². The Kier molecular flexibility index (Phi) is 5.00. The van der Waals surface area contributed by atoms with Gasteiger partial charge in [0, 0.05) is 25.3 Å². The van der Waals surface area contributed by atoms with E-state index in [0.717, 1.165) is 26.1 Å². The Morgan fingerprint density at radius 1 is 1.33 bits per heavy atom. The standard InChI is InChI=1S/C12H24FNO/c1-12(2,3)14-9-11(13)8-10-4-6-15-7-5-10/h10-11,14H,4-9H2,1-3H3. The number of nitrogens with one attached hydrogen (secondary N) is 1. The summed E-state index contributed by atoms with van der Waals surface area (Å²) in [6, 6.07) is 0. The first kappa shape index (κ1) is 12.9. The maximum absolute atomic E-state index is 13.6. The van der Waals surface area contributed by atoms with E-state index in [1.54, 1.807) is 0 Å². The van der Waals surface area contributed by atoms with Gasteiger partial charge in [0.25, 0.3) is 0 Å². The molecule has 1 rings (SSSR count). The molecule has 3 heteroatoms. The van der Waals surface area contributed by atoms with E-state index in [-0.39, 0.29) is 5.54 Å². The largest absolute Gasteiger partial charge is 0.381 e. The third-order valence-electron chi connectivity index (χ3n) is 2.78. The topological polar surface area (TPSA) is 21.3 Å². The molecular weight excluding hydrogens is 193 g/mol. The molecule has 1 unspecified atom stereocenters. The average molecular weight is 217 g/mol. The van der Waals surface area contributed by atoms with Crippen LogP contribution in [-0.4, -0.2) is 31.5 Å². The molecule has 0 aromatic rings. The number of hydrogen-bond acceptors (Lipinski definition) is 2. The van der Waals surface area contributed by atoms with Crippen LogP contribution in [0.15, 0.2) is 0 Å². The Morgan fingerprint density at radius 2 is 1.93 bits per heavy atom. The van der Waals surface area contributed by atoms with E-state index in [1.165, 1.54) is 0 Å². The number of ether oxygens (including phenoxy) is 1. The lowest BCUT2D eigenvalue weighted by atomic mass is 9.94. The summed E-state index contributed by atoms with van der Waals surface area (Å²) in [5.41, 5.74) is 0.0139. The molecule has 15 heavy (non-hydrogen) atoms. The van der Waals surface area contributed by atoms with Crippen molar-refractivity contribution in [3.63, 3.8) is 0 Å². The normalized spacial score (nSPS) is 21.6. The maximum atomic E-state index is 13.6. The molecule has 1 heterocycles. The van der Waals surface area contributed by atoms with Crippen molar-refractivity contribution in [3.8, 4) is 0 Å². The maximum Gasteiger partial charge on any atom is 0.113 e. The molecule has 1 atom stereocenters. The molecule has 0 saturated carbocycles. The number of halogens is 1. The van der Waals surface area contributed by atoms with E-state index < -0.39 is 6.17 Å². The quantitative estimate of drug-likeness (QED) is 0.781. The van der Waals surface area contributed by atoms with Gasteiger partial charge in [-0.25, -0.2) is 4.39 Å². The minimum atomic E-state index is -0.715. The second-order valence-corrected chi connectivity index (χ2v) is 5.52. The van der Waals surface area contributed by atoms with Crippen molar-refractivity contribution in [1.82, 2.24) is 5.32 Å². The van der Waals surface area contributed by atoms with Crippen molar-refractivity contribution in [2.45, 2.75) is 51.7 Å². The first-order valence-electron chi connectivity index (χ1n) is 5.94. The molecule has 1 N–H and O–H groups in total. The molecule has 0 aromatic heterocycles. The fourth-order valence-corrected chi connectivity index (χ4v) is 1.84. The van der Waals surface area contributed by atoms with Crippen LogP contribution >= 0.6 is 0 Å². The molecule has 1 aliphatic rings. The molecule has 2 nitrogen and oxygen atoms in total. The molecule has 0 aromatic carbocycles. The predicted molar refractivity (Wildman–Crippen MR) is 60.8 cm³/mol. The average Bonchev–Trinajstić information content (AvgIpc) is 2.15. The zero-order chi connectivity index (χ0) is 11.3. The van der Waals surface area contributed by atoms with Crippen LogP contribution in [0.25, 0.3) is 0 Å². The van der Waals surface area contributed by atoms with E-state index in [2.05, 4.69) is 26.1 Å². The van der Waals surface area contributed by atoms with Crippen molar-refractivity contribution in [2.75, 3.05) is 19.8 Å². The van der Waals surface area contributed by atoms with Gasteiger partial charge in [0.1, 0.15) is 6.17 Å². The van der Waals surface area contributed by atoms with Crippen LogP contribution in [0.4, 0.5) is 4.39 Å². The fraction of sp³-hybridized carbons (Fsp3) is 1.00. The predicted octanol–water partition coefficient (Wildman–Crippen LogP) is 2.53. The Bertz CT molecular complexity index is 173. The lowest BCUT2D eigenvalue weighted by molar-refractivity contribution is 0.0550. The Hall–Kier alpha value is -0.150. The van der Waals surface area contributed by atoms with Crippen molar-refractivity contribution < 1.29 is 9.13 Å². The highest BCUT2D eigenvalue weighted by molar-refractivity contribution is 4.75. The molecular formula is C12H24FNO. The van der Waals surface area contributed by atoms with Gasteiger partial charge in [-0.05, 0) is 46.0 Å². The van der Waals surface area contributed by atoms with Gasteiger partial charge in [0.15, 0.2) is 0 Å². The summed E-state index contributed by atoms with van der Waals surface area (Å²) in [6.07, 6.45) is 2.02. The van der Waals surface area contributed by atoms with Crippen LogP contribution in [0.1, 0.15) is 40.0 Å². The van der Waals surface area contributed by atoms with Crippen molar-refractivity contribution >= 4 is 0 Å². The van der Waals surface area contributed by atoms with Gasteiger partial charge in [0.2, 0.25) is 0 Å². The zero-order valence-corrected chi connectivity index (χ0v) is 10.2.